The van der Waals surface area contributed by atoms with Crippen LogP contribution in [0.3, 0.4) is 0 Å². The van der Waals surface area contributed by atoms with Gasteiger partial charge in [0.05, 0.1) is 17.1 Å². The minimum Gasteiger partial charge on any atom is -0.486 e. The van der Waals surface area contributed by atoms with Gasteiger partial charge in [-0.1, -0.05) is 6.07 Å². The zero-order chi connectivity index (χ0) is 13.4. The number of benzene rings is 1. The van der Waals surface area contributed by atoms with Gasteiger partial charge in [0, 0.05) is 11.5 Å². The van der Waals surface area contributed by atoms with E-state index in [-0.39, 0.29) is 0 Å². The van der Waals surface area contributed by atoms with Crippen LogP contribution in [0.2, 0.25) is 0 Å². The molecule has 0 fully saturated rings. The van der Waals surface area contributed by atoms with Gasteiger partial charge in [0.1, 0.15) is 13.2 Å². The quantitative estimate of drug-likeness (QED) is 0.895. The van der Waals surface area contributed by atoms with Gasteiger partial charge in [0.15, 0.2) is 11.5 Å². The minimum absolute atomic E-state index is 0.518. The Bertz CT molecular complexity index is 653. The number of carboxylic acids is 1. The maximum absolute atomic E-state index is 11.0. The molecule has 0 saturated carbocycles. The molecule has 1 N–H and O–H groups in total. The summed E-state index contributed by atoms with van der Waals surface area (Å²) in [7, 11) is 0. The number of carbonyl (C=O) groups is 1. The Balaban J connectivity index is 2.10. The van der Waals surface area contributed by atoms with Gasteiger partial charge < -0.3 is 14.6 Å². The highest BCUT2D eigenvalue weighted by molar-refractivity contribution is 5.84. The predicted octanol–water partition coefficient (Wildman–Crippen LogP) is 2.19. The summed E-state index contributed by atoms with van der Waals surface area (Å²) in [5.74, 6) is -0.145. The maximum atomic E-state index is 11.0. The highest BCUT2D eigenvalue weighted by atomic mass is 16.6. The van der Waals surface area contributed by atoms with Crippen LogP contribution in [0.25, 0.3) is 10.9 Å². The van der Waals surface area contributed by atoms with E-state index in [1.165, 1.54) is 0 Å². The Kier molecular flexibility index (Phi) is 2.74. The highest BCUT2D eigenvalue weighted by Crippen LogP contribution is 2.34. The normalized spacial score (nSPS) is 15.2. The molecule has 3 rings (SSSR count). The first-order chi connectivity index (χ1) is 9.15. The molecule has 1 atom stereocenters. The van der Waals surface area contributed by atoms with Gasteiger partial charge in [-0.2, -0.15) is 0 Å². The Labute approximate surface area is 109 Å². The van der Waals surface area contributed by atoms with Crippen molar-refractivity contribution in [3.63, 3.8) is 0 Å². The smallest absolute Gasteiger partial charge is 0.312 e. The van der Waals surface area contributed by atoms with Crippen LogP contribution in [0.1, 0.15) is 18.5 Å². The molecule has 0 aliphatic carbocycles. The topological polar surface area (TPSA) is 68.7 Å². The molecule has 0 saturated heterocycles. The average molecular weight is 259 g/mol. The number of hydrogen-bond acceptors (Lipinski definition) is 4. The van der Waals surface area contributed by atoms with E-state index in [9.17, 15) is 4.79 Å². The van der Waals surface area contributed by atoms with Crippen molar-refractivity contribution < 1.29 is 19.4 Å². The number of nitrogens with zero attached hydrogens (tertiary/aromatic N) is 1. The van der Waals surface area contributed by atoms with E-state index in [2.05, 4.69) is 4.98 Å². The summed E-state index contributed by atoms with van der Waals surface area (Å²) < 4.78 is 11.0. The van der Waals surface area contributed by atoms with Crippen LogP contribution in [-0.4, -0.2) is 29.3 Å². The molecule has 1 aromatic carbocycles. The number of ether oxygens (including phenoxy) is 2. The molecule has 2 aromatic rings. The number of pyridine rings is 1. The molecule has 5 nitrogen and oxygen atoms in total. The molecule has 0 spiro atoms. The fourth-order valence-corrected chi connectivity index (χ4v) is 2.04. The van der Waals surface area contributed by atoms with E-state index >= 15 is 0 Å². The van der Waals surface area contributed by atoms with E-state index in [1.54, 1.807) is 19.1 Å². The summed E-state index contributed by atoms with van der Waals surface area (Å²) in [5, 5.41) is 9.92. The van der Waals surface area contributed by atoms with Crippen LogP contribution in [0.4, 0.5) is 0 Å². The van der Waals surface area contributed by atoms with Gasteiger partial charge in [-0.05, 0) is 19.1 Å². The molecule has 5 heteroatoms. The van der Waals surface area contributed by atoms with Gasteiger partial charge in [-0.25, -0.2) is 0 Å². The third-order valence-corrected chi connectivity index (χ3v) is 3.19. The lowest BCUT2D eigenvalue weighted by molar-refractivity contribution is -0.138. The summed E-state index contributed by atoms with van der Waals surface area (Å²) in [4.78, 5) is 15.4. The lowest BCUT2D eigenvalue weighted by Crippen LogP contribution is -2.15. The van der Waals surface area contributed by atoms with Crippen molar-refractivity contribution in [3.8, 4) is 11.5 Å². The van der Waals surface area contributed by atoms with Gasteiger partial charge in [-0.3, -0.25) is 9.78 Å². The minimum atomic E-state index is -0.885. The van der Waals surface area contributed by atoms with Gasteiger partial charge in [-0.15, -0.1) is 0 Å². The van der Waals surface area contributed by atoms with Crippen LogP contribution in [-0.2, 0) is 4.79 Å². The van der Waals surface area contributed by atoms with E-state index < -0.39 is 11.9 Å². The molecule has 1 unspecified atom stereocenters. The van der Waals surface area contributed by atoms with Crippen LogP contribution >= 0.6 is 0 Å². The van der Waals surface area contributed by atoms with Crippen molar-refractivity contribution in [1.82, 2.24) is 4.98 Å². The summed E-state index contributed by atoms with van der Waals surface area (Å²) in [6.45, 7) is 2.68. The second-order valence-electron chi connectivity index (χ2n) is 4.48. The lowest BCUT2D eigenvalue weighted by atomic mass is 10.1. The molecular formula is C14H13NO4. The van der Waals surface area contributed by atoms with Crippen LogP contribution in [0.5, 0.6) is 11.5 Å². The number of hydrogen-bond donors (Lipinski definition) is 1. The number of aromatic nitrogens is 1. The molecule has 98 valence electrons. The van der Waals surface area contributed by atoms with Crippen LogP contribution in [0.15, 0.2) is 24.3 Å². The molecular weight excluding hydrogens is 246 g/mol. The highest BCUT2D eigenvalue weighted by Gasteiger charge is 2.17. The lowest BCUT2D eigenvalue weighted by Gasteiger charge is -2.18. The Morgan fingerprint density at radius 1 is 1.26 bits per heavy atom. The zero-order valence-electron chi connectivity index (χ0n) is 10.4. The fraction of sp³-hybridized carbons (Fsp3) is 0.286. The van der Waals surface area contributed by atoms with Crippen molar-refractivity contribution in [2.75, 3.05) is 13.2 Å². The number of rotatable bonds is 2. The van der Waals surface area contributed by atoms with Crippen molar-refractivity contribution in [1.29, 1.82) is 0 Å². The van der Waals surface area contributed by atoms with Crippen LogP contribution < -0.4 is 9.47 Å². The van der Waals surface area contributed by atoms with Gasteiger partial charge in [0.2, 0.25) is 0 Å². The third-order valence-electron chi connectivity index (χ3n) is 3.19. The molecule has 0 radical (unpaired) electrons. The van der Waals surface area contributed by atoms with Crippen LogP contribution in [0, 0.1) is 0 Å². The summed E-state index contributed by atoms with van der Waals surface area (Å²) in [6, 6.07) is 7.25. The largest absolute Gasteiger partial charge is 0.486 e. The van der Waals surface area contributed by atoms with E-state index in [0.717, 1.165) is 10.9 Å². The Morgan fingerprint density at radius 3 is 2.63 bits per heavy atom. The number of fused-ring (bicyclic) bond motifs is 2. The molecule has 0 bridgehead atoms. The van der Waals surface area contributed by atoms with Crippen molar-refractivity contribution in [2.45, 2.75) is 12.8 Å². The number of carboxylic acid groups (broad SMARTS) is 1. The fourth-order valence-electron chi connectivity index (χ4n) is 2.04. The Morgan fingerprint density at radius 2 is 1.95 bits per heavy atom. The molecule has 1 aromatic heterocycles. The summed E-state index contributed by atoms with van der Waals surface area (Å²) in [6.07, 6.45) is 0. The second-order valence-corrected chi connectivity index (χ2v) is 4.48. The third kappa shape index (κ3) is 2.07. The average Bonchev–Trinajstić information content (AvgIpc) is 2.43. The van der Waals surface area contributed by atoms with E-state index in [1.807, 2.05) is 12.1 Å². The first-order valence-electron chi connectivity index (χ1n) is 6.08. The van der Waals surface area contributed by atoms with Gasteiger partial charge in [0.25, 0.3) is 0 Å². The summed E-state index contributed by atoms with van der Waals surface area (Å²) in [5.41, 5.74) is 1.26. The molecule has 0 amide bonds. The molecule has 1 aliphatic rings. The van der Waals surface area contributed by atoms with Crippen molar-refractivity contribution in [3.05, 3.63) is 30.0 Å². The van der Waals surface area contributed by atoms with Crippen molar-refractivity contribution in [2.24, 2.45) is 0 Å². The van der Waals surface area contributed by atoms with E-state index in [4.69, 9.17) is 14.6 Å². The first-order valence-corrected chi connectivity index (χ1v) is 6.08. The zero-order valence-corrected chi connectivity index (χ0v) is 10.4. The molecule has 1 aliphatic heterocycles. The van der Waals surface area contributed by atoms with Crippen molar-refractivity contribution >= 4 is 16.9 Å². The molecule has 19 heavy (non-hydrogen) atoms. The predicted molar refractivity (Wildman–Crippen MR) is 68.8 cm³/mol. The Hall–Kier alpha value is -2.30. The second kappa shape index (κ2) is 4.42. The monoisotopic (exact) mass is 259 g/mol. The SMILES string of the molecule is CC(C(=O)O)c1ccc2cc3c(cc2n1)OCCO3. The summed E-state index contributed by atoms with van der Waals surface area (Å²) >= 11 is 0. The first kappa shape index (κ1) is 11.8. The molecule has 2 heterocycles. The number of aliphatic carboxylic acids is 1. The van der Waals surface area contributed by atoms with Gasteiger partial charge >= 0.3 is 5.97 Å². The van der Waals surface area contributed by atoms with E-state index in [0.29, 0.717) is 30.4 Å². The maximum Gasteiger partial charge on any atom is 0.312 e. The standard InChI is InChI=1S/C14H13NO4/c1-8(14(16)17)10-3-2-9-6-12-13(7-11(9)15-10)19-5-4-18-12/h2-3,6-8H,4-5H2,1H3,(H,16,17).